The van der Waals surface area contributed by atoms with Crippen molar-refractivity contribution < 1.29 is 13.9 Å². The molecule has 1 N–H and O–H groups in total. The number of rotatable bonds is 2. The number of aromatic amines is 1. The van der Waals surface area contributed by atoms with Gasteiger partial charge in [-0.2, -0.15) is 0 Å². The largest absolute Gasteiger partial charge is 0.467 e. The number of ether oxygens (including phenoxy) is 1. The molecule has 96 valence electrons. The van der Waals surface area contributed by atoms with E-state index in [9.17, 15) is 9.18 Å². The second-order valence-electron chi connectivity index (χ2n) is 3.78. The SMILES string of the molecule is COC(=O)C(C)n1c(=S)[nH]c2cc(F)c(Br)cc21. The van der Waals surface area contributed by atoms with Crippen LogP contribution in [-0.2, 0) is 9.53 Å². The minimum atomic E-state index is -0.575. The monoisotopic (exact) mass is 332 g/mol. The molecule has 2 aromatic rings. The van der Waals surface area contributed by atoms with Gasteiger partial charge >= 0.3 is 5.97 Å². The van der Waals surface area contributed by atoms with E-state index in [1.807, 2.05) is 0 Å². The highest BCUT2D eigenvalue weighted by Crippen LogP contribution is 2.25. The molecule has 18 heavy (non-hydrogen) atoms. The number of carbonyl (C=O) groups is 1. The molecule has 0 bridgehead atoms. The van der Waals surface area contributed by atoms with Gasteiger partial charge in [-0.05, 0) is 41.1 Å². The molecule has 1 heterocycles. The van der Waals surface area contributed by atoms with E-state index in [4.69, 9.17) is 12.2 Å². The number of nitrogens with one attached hydrogen (secondary N) is 1. The summed E-state index contributed by atoms with van der Waals surface area (Å²) in [5, 5.41) is 0. The Morgan fingerprint density at radius 1 is 1.61 bits per heavy atom. The fourth-order valence-corrected chi connectivity index (χ4v) is 2.48. The summed E-state index contributed by atoms with van der Waals surface area (Å²) in [4.78, 5) is 14.4. The molecular formula is C11H10BrFN2O2S. The Labute approximate surface area is 116 Å². The van der Waals surface area contributed by atoms with E-state index in [0.29, 0.717) is 20.3 Å². The van der Waals surface area contributed by atoms with Gasteiger partial charge in [0.25, 0.3) is 0 Å². The molecule has 0 saturated heterocycles. The van der Waals surface area contributed by atoms with Crippen LogP contribution < -0.4 is 0 Å². The quantitative estimate of drug-likeness (QED) is 0.677. The number of aromatic nitrogens is 2. The Morgan fingerprint density at radius 2 is 2.28 bits per heavy atom. The van der Waals surface area contributed by atoms with Crippen LogP contribution in [-0.4, -0.2) is 22.6 Å². The van der Waals surface area contributed by atoms with Crippen LogP contribution in [0.1, 0.15) is 13.0 Å². The fraction of sp³-hybridized carbons (Fsp3) is 0.273. The third-order valence-electron chi connectivity index (χ3n) is 2.69. The molecule has 0 aliphatic heterocycles. The number of hydrogen-bond acceptors (Lipinski definition) is 3. The maximum atomic E-state index is 13.4. The number of methoxy groups -OCH3 is 1. The van der Waals surface area contributed by atoms with Crippen molar-refractivity contribution in [2.24, 2.45) is 0 Å². The molecule has 1 unspecified atom stereocenters. The average Bonchev–Trinajstić information content (AvgIpc) is 2.63. The van der Waals surface area contributed by atoms with Gasteiger partial charge in [-0.15, -0.1) is 0 Å². The average molecular weight is 333 g/mol. The van der Waals surface area contributed by atoms with E-state index in [0.717, 1.165) is 0 Å². The molecule has 0 radical (unpaired) electrons. The molecule has 0 saturated carbocycles. The summed E-state index contributed by atoms with van der Waals surface area (Å²) in [6, 6.07) is 2.33. The van der Waals surface area contributed by atoms with Crippen molar-refractivity contribution in [2.45, 2.75) is 13.0 Å². The smallest absolute Gasteiger partial charge is 0.328 e. The van der Waals surface area contributed by atoms with Crippen LogP contribution in [0.15, 0.2) is 16.6 Å². The maximum Gasteiger partial charge on any atom is 0.328 e. The van der Waals surface area contributed by atoms with E-state index < -0.39 is 17.8 Å². The molecule has 4 nitrogen and oxygen atoms in total. The zero-order chi connectivity index (χ0) is 13.4. The van der Waals surface area contributed by atoms with Crippen LogP contribution in [0.25, 0.3) is 11.0 Å². The molecule has 1 atom stereocenters. The maximum absolute atomic E-state index is 13.4. The predicted molar refractivity (Wildman–Crippen MR) is 71.5 cm³/mol. The van der Waals surface area contributed by atoms with Crippen molar-refractivity contribution in [3.8, 4) is 0 Å². The van der Waals surface area contributed by atoms with Gasteiger partial charge in [0.05, 0.1) is 22.6 Å². The lowest BCUT2D eigenvalue weighted by atomic mass is 10.2. The van der Waals surface area contributed by atoms with E-state index >= 15 is 0 Å². The molecule has 1 aromatic carbocycles. The molecular weight excluding hydrogens is 323 g/mol. The number of H-pyrrole nitrogens is 1. The van der Waals surface area contributed by atoms with Crippen LogP contribution in [0, 0.1) is 10.6 Å². The third kappa shape index (κ3) is 2.08. The first-order valence-corrected chi connectivity index (χ1v) is 6.33. The third-order valence-corrected chi connectivity index (χ3v) is 3.59. The van der Waals surface area contributed by atoms with Crippen molar-refractivity contribution in [3.05, 3.63) is 27.2 Å². The lowest BCUT2D eigenvalue weighted by Gasteiger charge is -2.12. The summed E-state index contributed by atoms with van der Waals surface area (Å²) in [6.45, 7) is 1.67. The van der Waals surface area contributed by atoms with Gasteiger partial charge in [-0.25, -0.2) is 9.18 Å². The number of halogens is 2. The van der Waals surface area contributed by atoms with Crippen LogP contribution >= 0.6 is 28.1 Å². The van der Waals surface area contributed by atoms with Crippen LogP contribution in [0.2, 0.25) is 0 Å². The summed E-state index contributed by atoms with van der Waals surface area (Å²) in [7, 11) is 1.31. The van der Waals surface area contributed by atoms with Crippen molar-refractivity contribution in [3.63, 3.8) is 0 Å². The summed E-state index contributed by atoms with van der Waals surface area (Å²) in [5.41, 5.74) is 1.18. The molecule has 0 spiro atoms. The molecule has 7 heteroatoms. The van der Waals surface area contributed by atoms with Crippen molar-refractivity contribution in [1.82, 2.24) is 9.55 Å². The molecule has 0 fully saturated rings. The topological polar surface area (TPSA) is 47.0 Å². The first kappa shape index (κ1) is 13.2. The molecule has 0 aliphatic carbocycles. The summed E-state index contributed by atoms with van der Waals surface area (Å²) in [6.07, 6.45) is 0. The van der Waals surface area contributed by atoms with Crippen LogP contribution in [0.5, 0.6) is 0 Å². The van der Waals surface area contributed by atoms with Crippen molar-refractivity contribution in [1.29, 1.82) is 0 Å². The summed E-state index contributed by atoms with van der Waals surface area (Å²) in [5.74, 6) is -0.802. The Bertz CT molecular complexity index is 679. The number of benzene rings is 1. The van der Waals surface area contributed by atoms with Gasteiger partial charge < -0.3 is 14.3 Å². The Kier molecular flexibility index (Phi) is 3.54. The molecule has 1 aromatic heterocycles. The summed E-state index contributed by atoms with van der Waals surface area (Å²) >= 11 is 8.26. The second kappa shape index (κ2) is 4.81. The lowest BCUT2D eigenvalue weighted by molar-refractivity contribution is -0.143. The molecule has 2 rings (SSSR count). The van der Waals surface area contributed by atoms with Gasteiger partial charge in [-0.1, -0.05) is 0 Å². The van der Waals surface area contributed by atoms with E-state index in [1.165, 1.54) is 13.2 Å². The van der Waals surface area contributed by atoms with Gasteiger partial charge in [0.2, 0.25) is 0 Å². The standard InChI is InChI=1S/C11H10BrFN2O2S/c1-5(10(16)17-2)15-9-3-6(12)7(13)4-8(9)14-11(15)18/h3-5H,1-2H3,(H,14,18). The van der Waals surface area contributed by atoms with Gasteiger partial charge in [-0.3, -0.25) is 0 Å². The van der Waals surface area contributed by atoms with Gasteiger partial charge in [0, 0.05) is 6.07 Å². The lowest BCUT2D eigenvalue weighted by Crippen LogP contribution is -2.17. The van der Waals surface area contributed by atoms with Crippen LogP contribution in [0.3, 0.4) is 0 Å². The minimum absolute atomic E-state index is 0.315. The predicted octanol–water partition coefficient (Wildman–Crippen LogP) is 3.33. The number of carbonyl (C=O) groups excluding carboxylic acids is 1. The van der Waals surface area contributed by atoms with Crippen molar-refractivity contribution >= 4 is 45.2 Å². The first-order valence-electron chi connectivity index (χ1n) is 5.12. The second-order valence-corrected chi connectivity index (χ2v) is 5.02. The van der Waals surface area contributed by atoms with Gasteiger partial charge in [0.15, 0.2) is 4.77 Å². The van der Waals surface area contributed by atoms with Crippen molar-refractivity contribution in [2.75, 3.05) is 7.11 Å². The normalized spacial score (nSPS) is 12.7. The number of nitrogens with zero attached hydrogens (tertiary/aromatic N) is 1. The minimum Gasteiger partial charge on any atom is -0.467 e. The number of fused-ring (bicyclic) bond motifs is 1. The molecule has 0 aliphatic rings. The molecule has 0 amide bonds. The Morgan fingerprint density at radius 3 is 2.89 bits per heavy atom. The number of hydrogen-bond donors (Lipinski definition) is 1. The number of esters is 1. The Balaban J connectivity index is 2.71. The van der Waals surface area contributed by atoms with E-state index in [-0.39, 0.29) is 0 Å². The summed E-state index contributed by atoms with van der Waals surface area (Å²) < 4.78 is 20.4. The highest BCUT2D eigenvalue weighted by atomic mass is 79.9. The zero-order valence-electron chi connectivity index (χ0n) is 9.66. The fourth-order valence-electron chi connectivity index (χ4n) is 1.78. The Hall–Kier alpha value is -1.21. The first-order chi connectivity index (χ1) is 8.45. The van der Waals surface area contributed by atoms with E-state index in [1.54, 1.807) is 17.6 Å². The van der Waals surface area contributed by atoms with E-state index in [2.05, 4.69) is 25.7 Å². The zero-order valence-corrected chi connectivity index (χ0v) is 12.1. The van der Waals surface area contributed by atoms with Gasteiger partial charge in [0.1, 0.15) is 11.9 Å². The highest BCUT2D eigenvalue weighted by molar-refractivity contribution is 9.10. The van der Waals surface area contributed by atoms with Crippen LogP contribution in [0.4, 0.5) is 4.39 Å². The number of imidazole rings is 1. The highest BCUT2D eigenvalue weighted by Gasteiger charge is 2.19.